The lowest BCUT2D eigenvalue weighted by atomic mass is 9.76. The minimum absolute atomic E-state index is 0.283. The Hall–Kier alpha value is -1.15. The second-order valence-electron chi connectivity index (χ2n) is 5.82. The molecule has 0 saturated heterocycles. The van der Waals surface area contributed by atoms with Crippen LogP contribution in [0.3, 0.4) is 0 Å². The minimum Gasteiger partial charge on any atom is -0.385 e. The maximum Gasteiger partial charge on any atom is 0.133 e. The molecule has 0 spiro atoms. The first kappa shape index (κ1) is 11.9. The molecule has 0 bridgehead atoms. The minimum atomic E-state index is -0.772. The lowest BCUT2D eigenvalue weighted by molar-refractivity contribution is -0.125. The average Bonchev–Trinajstić information content (AvgIpc) is 2.32. The summed E-state index contributed by atoms with van der Waals surface area (Å²) >= 11 is 0. The fourth-order valence-corrected chi connectivity index (χ4v) is 3.04. The van der Waals surface area contributed by atoms with Crippen LogP contribution in [0.4, 0.5) is 0 Å². The number of hydrogen-bond donors (Lipinski definition) is 1. The zero-order chi connectivity index (χ0) is 12.6. The van der Waals surface area contributed by atoms with E-state index in [0.717, 1.165) is 11.5 Å². The lowest BCUT2D eigenvalue weighted by Crippen LogP contribution is -2.31. The van der Waals surface area contributed by atoms with E-state index >= 15 is 0 Å². The maximum atomic E-state index is 11.3. The van der Waals surface area contributed by atoms with Crippen molar-refractivity contribution in [3.63, 3.8) is 0 Å². The van der Waals surface area contributed by atoms with Crippen LogP contribution >= 0.6 is 0 Å². The molecule has 0 aliphatic heterocycles. The Morgan fingerprint density at radius 2 is 1.67 bits per heavy atom. The van der Waals surface area contributed by atoms with Crippen molar-refractivity contribution in [2.75, 3.05) is 0 Å². The van der Waals surface area contributed by atoms with Crippen molar-refractivity contribution in [1.82, 2.24) is 0 Å². The molecule has 0 amide bonds. The maximum absolute atomic E-state index is 11.3. The van der Waals surface area contributed by atoms with Gasteiger partial charge in [-0.3, -0.25) is 4.79 Å². The molecule has 0 aromatic heterocycles. The zero-order valence-corrected chi connectivity index (χ0v) is 10.7. The Kier molecular flexibility index (Phi) is 2.98. The van der Waals surface area contributed by atoms with E-state index in [1.54, 1.807) is 0 Å². The van der Waals surface area contributed by atoms with Crippen LogP contribution in [0.5, 0.6) is 0 Å². The van der Waals surface area contributed by atoms with Gasteiger partial charge >= 0.3 is 0 Å². The lowest BCUT2D eigenvalue weighted by Gasteiger charge is -2.32. The van der Waals surface area contributed by atoms with Crippen LogP contribution in [0.25, 0.3) is 0 Å². The predicted octanol–water partition coefficient (Wildman–Crippen LogP) is 3.28. The van der Waals surface area contributed by atoms with E-state index in [-0.39, 0.29) is 5.78 Å². The molecule has 2 aliphatic carbocycles. The molecule has 2 fully saturated rings. The highest BCUT2D eigenvalue weighted by Crippen LogP contribution is 2.39. The number of benzene rings is 1. The van der Waals surface area contributed by atoms with Crippen molar-refractivity contribution >= 4 is 5.78 Å². The molecule has 3 rings (SSSR count). The molecular formula is C16H20O2. The van der Waals surface area contributed by atoms with E-state index in [1.807, 2.05) is 0 Å². The van der Waals surface area contributed by atoms with Gasteiger partial charge in [0, 0.05) is 12.8 Å². The highest BCUT2D eigenvalue weighted by molar-refractivity contribution is 5.79. The molecule has 1 aromatic rings. The molecule has 0 radical (unpaired) electrons. The quantitative estimate of drug-likeness (QED) is 0.866. The Labute approximate surface area is 108 Å². The average molecular weight is 244 g/mol. The summed E-state index contributed by atoms with van der Waals surface area (Å²) in [6.07, 6.45) is 6.14. The summed E-state index contributed by atoms with van der Waals surface area (Å²) in [6, 6.07) is 8.44. The van der Waals surface area contributed by atoms with Gasteiger partial charge in [-0.2, -0.15) is 0 Å². The van der Waals surface area contributed by atoms with Crippen molar-refractivity contribution in [3.8, 4) is 0 Å². The molecule has 96 valence electrons. The van der Waals surface area contributed by atoms with Gasteiger partial charge in [0.15, 0.2) is 0 Å². The van der Waals surface area contributed by atoms with E-state index in [2.05, 4.69) is 24.3 Å². The SMILES string of the molecule is O=C1CCC(O)(c2ccc(C3CCC3)cc2)CC1. The predicted molar refractivity (Wildman–Crippen MR) is 70.4 cm³/mol. The van der Waals surface area contributed by atoms with Crippen LogP contribution in [-0.2, 0) is 10.4 Å². The molecule has 18 heavy (non-hydrogen) atoms. The van der Waals surface area contributed by atoms with Crippen LogP contribution in [-0.4, -0.2) is 10.9 Å². The highest BCUT2D eigenvalue weighted by atomic mass is 16.3. The molecule has 2 saturated carbocycles. The van der Waals surface area contributed by atoms with Crippen LogP contribution in [0.2, 0.25) is 0 Å². The van der Waals surface area contributed by atoms with Crippen molar-refractivity contribution in [2.45, 2.75) is 56.5 Å². The Morgan fingerprint density at radius 1 is 1.06 bits per heavy atom. The third kappa shape index (κ3) is 2.10. The summed E-state index contributed by atoms with van der Waals surface area (Å²) in [4.78, 5) is 11.3. The number of carbonyl (C=O) groups excluding carboxylic acids is 1. The normalized spacial score (nSPS) is 23.7. The molecular weight excluding hydrogens is 224 g/mol. The topological polar surface area (TPSA) is 37.3 Å². The third-order valence-electron chi connectivity index (χ3n) is 4.66. The zero-order valence-electron chi connectivity index (χ0n) is 10.7. The van der Waals surface area contributed by atoms with E-state index < -0.39 is 5.60 Å². The van der Waals surface area contributed by atoms with Gasteiger partial charge in [-0.25, -0.2) is 0 Å². The molecule has 2 heteroatoms. The smallest absolute Gasteiger partial charge is 0.133 e. The van der Waals surface area contributed by atoms with Gasteiger partial charge in [0.05, 0.1) is 5.60 Å². The Balaban J connectivity index is 1.77. The largest absolute Gasteiger partial charge is 0.385 e. The number of hydrogen-bond acceptors (Lipinski definition) is 2. The van der Waals surface area contributed by atoms with E-state index in [9.17, 15) is 9.90 Å². The van der Waals surface area contributed by atoms with Crippen LogP contribution in [0, 0.1) is 0 Å². The Bertz CT molecular complexity index is 433. The fourth-order valence-electron chi connectivity index (χ4n) is 3.04. The van der Waals surface area contributed by atoms with Gasteiger partial charge in [0.25, 0.3) is 0 Å². The summed E-state index contributed by atoms with van der Waals surface area (Å²) in [5.74, 6) is 1.02. The van der Waals surface area contributed by atoms with Crippen molar-refractivity contribution in [3.05, 3.63) is 35.4 Å². The second-order valence-corrected chi connectivity index (χ2v) is 5.82. The highest BCUT2D eigenvalue weighted by Gasteiger charge is 2.34. The number of aliphatic hydroxyl groups is 1. The van der Waals surface area contributed by atoms with Gasteiger partial charge < -0.3 is 5.11 Å². The first-order valence-corrected chi connectivity index (χ1v) is 7.02. The fraction of sp³-hybridized carbons (Fsp3) is 0.562. The summed E-state index contributed by atoms with van der Waals surface area (Å²) in [5.41, 5.74) is 1.62. The van der Waals surface area contributed by atoms with E-state index in [4.69, 9.17) is 0 Å². The van der Waals surface area contributed by atoms with Crippen LogP contribution < -0.4 is 0 Å². The molecule has 1 aromatic carbocycles. The van der Waals surface area contributed by atoms with Crippen molar-refractivity contribution in [2.24, 2.45) is 0 Å². The Morgan fingerprint density at radius 3 is 2.17 bits per heavy atom. The summed E-state index contributed by atoms with van der Waals surface area (Å²) in [5, 5.41) is 10.6. The molecule has 2 aliphatic rings. The second kappa shape index (κ2) is 4.51. The van der Waals surface area contributed by atoms with E-state index in [1.165, 1.54) is 24.8 Å². The number of ketones is 1. The van der Waals surface area contributed by atoms with Gasteiger partial charge in [-0.05, 0) is 42.7 Å². The number of carbonyl (C=O) groups is 1. The standard InChI is InChI=1S/C16H20O2/c17-15-8-10-16(18,11-9-15)14-6-4-13(5-7-14)12-2-1-3-12/h4-7,12,18H,1-3,8-11H2. The van der Waals surface area contributed by atoms with Gasteiger partial charge in [-0.15, -0.1) is 0 Å². The molecule has 1 N–H and O–H groups in total. The van der Waals surface area contributed by atoms with Gasteiger partial charge in [0.2, 0.25) is 0 Å². The van der Waals surface area contributed by atoms with E-state index in [0.29, 0.717) is 25.7 Å². The summed E-state index contributed by atoms with van der Waals surface area (Å²) in [7, 11) is 0. The van der Waals surface area contributed by atoms with Crippen LogP contribution in [0.15, 0.2) is 24.3 Å². The number of rotatable bonds is 2. The van der Waals surface area contributed by atoms with Crippen molar-refractivity contribution < 1.29 is 9.90 Å². The summed E-state index contributed by atoms with van der Waals surface area (Å²) in [6.45, 7) is 0. The van der Waals surface area contributed by atoms with Gasteiger partial charge in [-0.1, -0.05) is 30.7 Å². The third-order valence-corrected chi connectivity index (χ3v) is 4.66. The van der Waals surface area contributed by atoms with Gasteiger partial charge in [0.1, 0.15) is 5.78 Å². The summed E-state index contributed by atoms with van der Waals surface area (Å²) < 4.78 is 0. The molecule has 0 unspecified atom stereocenters. The molecule has 0 atom stereocenters. The first-order valence-electron chi connectivity index (χ1n) is 7.02. The molecule has 2 nitrogen and oxygen atoms in total. The molecule has 0 heterocycles. The number of Topliss-reactive ketones (excluding diaryl/α,β-unsaturated/α-hetero) is 1. The first-order chi connectivity index (χ1) is 8.67. The van der Waals surface area contributed by atoms with Crippen molar-refractivity contribution in [1.29, 1.82) is 0 Å². The monoisotopic (exact) mass is 244 g/mol. The van der Waals surface area contributed by atoms with Crippen LogP contribution in [0.1, 0.15) is 62.0 Å².